The Morgan fingerprint density at radius 1 is 1.07 bits per heavy atom. The number of nitrogens with one attached hydrogen (secondary N) is 1. The van der Waals surface area contributed by atoms with E-state index in [-0.39, 0.29) is 0 Å². The maximum Gasteiger partial charge on any atom is -0.00114 e. The molecule has 0 amide bonds. The zero-order valence-electron chi connectivity index (χ0n) is 10.6. The number of aryl methyl sites for hydroxylation is 1. The molecule has 1 nitrogen and oxygen atoms in total. The summed E-state index contributed by atoms with van der Waals surface area (Å²) in [6.45, 7) is 7.29. The SMILES string of the molecule is CC.CCCc1cccc(CCNC)c1. The van der Waals surface area contributed by atoms with Gasteiger partial charge in [-0.15, -0.1) is 0 Å². The van der Waals surface area contributed by atoms with E-state index in [1.165, 1.54) is 24.0 Å². The van der Waals surface area contributed by atoms with Gasteiger partial charge in [0.1, 0.15) is 0 Å². The second-order valence-electron chi connectivity index (χ2n) is 3.42. The van der Waals surface area contributed by atoms with Crippen molar-refractivity contribution in [3.8, 4) is 0 Å². The van der Waals surface area contributed by atoms with Crippen LogP contribution in [-0.4, -0.2) is 13.6 Å². The molecule has 1 rings (SSSR count). The third-order valence-electron chi connectivity index (χ3n) is 2.19. The molecule has 0 atom stereocenters. The summed E-state index contributed by atoms with van der Waals surface area (Å²) in [6.07, 6.45) is 3.57. The van der Waals surface area contributed by atoms with E-state index in [0.29, 0.717) is 0 Å². The van der Waals surface area contributed by atoms with Crippen LogP contribution in [0.1, 0.15) is 38.3 Å². The standard InChI is InChI=1S/C12H19N.C2H6/c1-3-5-11-6-4-7-12(10-11)8-9-13-2;1-2/h4,6-7,10,13H,3,5,8-9H2,1-2H3;1-2H3. The molecule has 0 fully saturated rings. The van der Waals surface area contributed by atoms with Crippen LogP contribution in [0.15, 0.2) is 24.3 Å². The molecule has 0 aliphatic rings. The highest BCUT2D eigenvalue weighted by molar-refractivity contribution is 5.23. The van der Waals surface area contributed by atoms with Gasteiger partial charge in [0, 0.05) is 0 Å². The molecule has 0 heterocycles. The molecule has 0 radical (unpaired) electrons. The second kappa shape index (κ2) is 9.72. The van der Waals surface area contributed by atoms with Crippen molar-refractivity contribution in [1.29, 1.82) is 0 Å². The Balaban J connectivity index is 0.000000921. The molecule has 0 unspecified atom stereocenters. The molecular formula is C14H25N. The molecule has 1 heteroatoms. The summed E-state index contributed by atoms with van der Waals surface area (Å²) in [5, 5.41) is 3.17. The van der Waals surface area contributed by atoms with E-state index < -0.39 is 0 Å². The fourth-order valence-corrected chi connectivity index (χ4v) is 1.50. The molecule has 15 heavy (non-hydrogen) atoms. The largest absolute Gasteiger partial charge is 0.319 e. The molecule has 0 saturated heterocycles. The molecule has 0 bridgehead atoms. The molecule has 0 aliphatic carbocycles. The average Bonchev–Trinajstić information content (AvgIpc) is 2.30. The average molecular weight is 207 g/mol. The molecule has 0 aromatic heterocycles. The van der Waals surface area contributed by atoms with Crippen LogP contribution in [0.5, 0.6) is 0 Å². The summed E-state index contributed by atoms with van der Waals surface area (Å²) >= 11 is 0. The Labute approximate surface area is 94.9 Å². The van der Waals surface area contributed by atoms with Crippen molar-refractivity contribution in [2.45, 2.75) is 40.0 Å². The van der Waals surface area contributed by atoms with Crippen molar-refractivity contribution < 1.29 is 0 Å². The summed E-state index contributed by atoms with van der Waals surface area (Å²) in [4.78, 5) is 0. The lowest BCUT2D eigenvalue weighted by atomic mass is 10.1. The van der Waals surface area contributed by atoms with Crippen molar-refractivity contribution in [3.05, 3.63) is 35.4 Å². The molecule has 0 spiro atoms. The zero-order valence-corrected chi connectivity index (χ0v) is 10.6. The predicted octanol–water partition coefficient (Wildman–Crippen LogP) is 3.43. The molecule has 0 aliphatic heterocycles. The predicted molar refractivity (Wildman–Crippen MR) is 69.4 cm³/mol. The van der Waals surface area contributed by atoms with Crippen LogP contribution in [0.3, 0.4) is 0 Å². The first-order valence-corrected chi connectivity index (χ1v) is 6.09. The van der Waals surface area contributed by atoms with E-state index in [4.69, 9.17) is 0 Å². The van der Waals surface area contributed by atoms with Gasteiger partial charge in [-0.2, -0.15) is 0 Å². The van der Waals surface area contributed by atoms with Gasteiger partial charge in [-0.3, -0.25) is 0 Å². The fourth-order valence-electron chi connectivity index (χ4n) is 1.50. The summed E-state index contributed by atoms with van der Waals surface area (Å²) < 4.78 is 0. The number of hydrogen-bond donors (Lipinski definition) is 1. The monoisotopic (exact) mass is 207 g/mol. The Morgan fingerprint density at radius 2 is 1.67 bits per heavy atom. The highest BCUT2D eigenvalue weighted by Crippen LogP contribution is 2.07. The van der Waals surface area contributed by atoms with Crippen LogP contribution >= 0.6 is 0 Å². The Kier molecular flexibility index (Phi) is 9.19. The van der Waals surface area contributed by atoms with Crippen LogP contribution in [0.2, 0.25) is 0 Å². The maximum absolute atomic E-state index is 3.17. The zero-order chi connectivity index (χ0) is 11.5. The van der Waals surface area contributed by atoms with E-state index in [0.717, 1.165) is 13.0 Å². The van der Waals surface area contributed by atoms with Crippen LogP contribution in [0.4, 0.5) is 0 Å². The minimum atomic E-state index is 1.07. The molecule has 86 valence electrons. The molecule has 0 saturated carbocycles. The number of hydrogen-bond acceptors (Lipinski definition) is 1. The summed E-state index contributed by atoms with van der Waals surface area (Å²) in [5.74, 6) is 0. The topological polar surface area (TPSA) is 12.0 Å². The van der Waals surface area contributed by atoms with E-state index in [2.05, 4.69) is 36.5 Å². The van der Waals surface area contributed by atoms with Gasteiger partial charge in [-0.05, 0) is 37.6 Å². The van der Waals surface area contributed by atoms with Gasteiger partial charge in [-0.1, -0.05) is 51.5 Å². The molecular weight excluding hydrogens is 182 g/mol. The minimum Gasteiger partial charge on any atom is -0.319 e. The smallest absolute Gasteiger partial charge is 0.00114 e. The van der Waals surface area contributed by atoms with Gasteiger partial charge in [-0.25, -0.2) is 0 Å². The van der Waals surface area contributed by atoms with Gasteiger partial charge in [0.2, 0.25) is 0 Å². The minimum absolute atomic E-state index is 1.07. The van der Waals surface area contributed by atoms with E-state index >= 15 is 0 Å². The summed E-state index contributed by atoms with van der Waals surface area (Å²) in [6, 6.07) is 8.90. The van der Waals surface area contributed by atoms with Crippen LogP contribution < -0.4 is 5.32 Å². The van der Waals surface area contributed by atoms with E-state index in [1.54, 1.807) is 0 Å². The first-order chi connectivity index (χ1) is 7.36. The molecule has 1 aromatic rings. The Hall–Kier alpha value is -0.820. The lowest BCUT2D eigenvalue weighted by Gasteiger charge is -2.03. The number of rotatable bonds is 5. The van der Waals surface area contributed by atoms with Crippen LogP contribution in [0, 0.1) is 0 Å². The third kappa shape index (κ3) is 6.29. The number of benzene rings is 1. The first-order valence-electron chi connectivity index (χ1n) is 6.09. The number of likely N-dealkylation sites (N-methyl/N-ethyl adjacent to an activating group) is 1. The summed E-state index contributed by atoms with van der Waals surface area (Å²) in [5.41, 5.74) is 2.91. The fraction of sp³-hybridized carbons (Fsp3) is 0.571. The van der Waals surface area contributed by atoms with Crippen LogP contribution in [0.25, 0.3) is 0 Å². The Bertz CT molecular complexity index is 243. The van der Waals surface area contributed by atoms with E-state index in [1.807, 2.05) is 20.9 Å². The lowest BCUT2D eigenvalue weighted by Crippen LogP contribution is -2.10. The quantitative estimate of drug-likeness (QED) is 0.780. The van der Waals surface area contributed by atoms with Crippen molar-refractivity contribution in [1.82, 2.24) is 5.32 Å². The maximum atomic E-state index is 3.17. The van der Waals surface area contributed by atoms with Crippen LogP contribution in [-0.2, 0) is 12.8 Å². The highest BCUT2D eigenvalue weighted by atomic mass is 14.8. The van der Waals surface area contributed by atoms with Gasteiger partial charge < -0.3 is 5.32 Å². The second-order valence-corrected chi connectivity index (χ2v) is 3.42. The first kappa shape index (κ1) is 14.2. The van der Waals surface area contributed by atoms with Gasteiger partial charge >= 0.3 is 0 Å². The third-order valence-corrected chi connectivity index (χ3v) is 2.19. The van der Waals surface area contributed by atoms with Gasteiger partial charge in [0.25, 0.3) is 0 Å². The molecule has 1 N–H and O–H groups in total. The highest BCUT2D eigenvalue weighted by Gasteiger charge is 1.94. The van der Waals surface area contributed by atoms with Gasteiger partial charge in [0.15, 0.2) is 0 Å². The molecule has 1 aromatic carbocycles. The van der Waals surface area contributed by atoms with Crippen molar-refractivity contribution in [2.24, 2.45) is 0 Å². The van der Waals surface area contributed by atoms with Crippen molar-refractivity contribution >= 4 is 0 Å². The summed E-state index contributed by atoms with van der Waals surface area (Å²) in [7, 11) is 2.00. The van der Waals surface area contributed by atoms with Gasteiger partial charge in [0.05, 0.1) is 0 Å². The normalized spacial score (nSPS) is 9.33. The lowest BCUT2D eigenvalue weighted by molar-refractivity contribution is 0.790. The Morgan fingerprint density at radius 3 is 2.20 bits per heavy atom. The van der Waals surface area contributed by atoms with Crippen molar-refractivity contribution in [3.63, 3.8) is 0 Å². The van der Waals surface area contributed by atoms with Crippen molar-refractivity contribution in [2.75, 3.05) is 13.6 Å². The van der Waals surface area contributed by atoms with E-state index in [9.17, 15) is 0 Å².